The van der Waals surface area contributed by atoms with Gasteiger partial charge in [-0.2, -0.15) is 0 Å². The fourth-order valence-corrected chi connectivity index (χ4v) is 2.17. The van der Waals surface area contributed by atoms with Gasteiger partial charge >= 0.3 is 0 Å². The van der Waals surface area contributed by atoms with E-state index in [9.17, 15) is 0 Å². The van der Waals surface area contributed by atoms with E-state index >= 15 is 0 Å². The summed E-state index contributed by atoms with van der Waals surface area (Å²) in [5, 5.41) is 9.11. The summed E-state index contributed by atoms with van der Waals surface area (Å²) in [7, 11) is 0. The number of hydrogen-bond donors (Lipinski definition) is 1. The number of rotatable bonds is 4. The minimum atomic E-state index is 0.416. The van der Waals surface area contributed by atoms with E-state index in [1.54, 1.807) is 11.8 Å². The molecule has 1 heterocycles. The van der Waals surface area contributed by atoms with Crippen molar-refractivity contribution in [2.45, 2.75) is 25.2 Å². The van der Waals surface area contributed by atoms with Gasteiger partial charge in [-0.05, 0) is 18.7 Å². The minimum Gasteiger partial charge on any atom is -0.324 e. The zero-order chi connectivity index (χ0) is 12.3. The van der Waals surface area contributed by atoms with Gasteiger partial charge in [0.15, 0.2) is 5.16 Å². The fourth-order valence-electron chi connectivity index (χ4n) is 1.66. The number of nitrogens with zero attached hydrogens (tertiary/aromatic N) is 3. The predicted molar refractivity (Wildman–Crippen MR) is 70.0 cm³/mol. The predicted octanol–water partition coefficient (Wildman–Crippen LogP) is 1.82. The number of hydrogen-bond acceptors (Lipinski definition) is 4. The molecular weight excluding hydrogens is 232 g/mol. The van der Waals surface area contributed by atoms with Gasteiger partial charge in [-0.1, -0.05) is 41.6 Å². The fraction of sp³-hybridized carbons (Fsp3) is 0.333. The van der Waals surface area contributed by atoms with Crippen LogP contribution >= 0.6 is 11.8 Å². The van der Waals surface area contributed by atoms with Crippen molar-refractivity contribution in [3.63, 3.8) is 0 Å². The van der Waals surface area contributed by atoms with Crippen LogP contribution in [0.1, 0.15) is 17.0 Å². The van der Waals surface area contributed by atoms with Crippen molar-refractivity contribution in [1.29, 1.82) is 0 Å². The van der Waals surface area contributed by atoms with Gasteiger partial charge in [-0.3, -0.25) is 0 Å². The van der Waals surface area contributed by atoms with E-state index in [0.29, 0.717) is 6.54 Å². The molecule has 0 unspecified atom stereocenters. The first-order valence-corrected chi connectivity index (χ1v) is 6.68. The van der Waals surface area contributed by atoms with E-state index in [1.165, 1.54) is 11.1 Å². The summed E-state index contributed by atoms with van der Waals surface area (Å²) < 4.78 is 2.06. The molecule has 0 radical (unpaired) electrons. The van der Waals surface area contributed by atoms with Crippen LogP contribution in [0, 0.1) is 6.92 Å². The molecule has 0 aliphatic heterocycles. The highest BCUT2D eigenvalue weighted by Crippen LogP contribution is 2.16. The molecule has 2 rings (SSSR count). The van der Waals surface area contributed by atoms with E-state index < -0.39 is 0 Å². The Balaban J connectivity index is 2.28. The molecule has 90 valence electrons. The lowest BCUT2D eigenvalue weighted by atomic mass is 10.1. The Hall–Kier alpha value is -1.33. The topological polar surface area (TPSA) is 56.7 Å². The molecule has 0 aliphatic rings. The van der Waals surface area contributed by atoms with Crippen LogP contribution in [0.3, 0.4) is 0 Å². The van der Waals surface area contributed by atoms with Gasteiger partial charge in [0.05, 0.1) is 13.1 Å². The maximum absolute atomic E-state index is 5.66. The van der Waals surface area contributed by atoms with Crippen LogP contribution < -0.4 is 5.73 Å². The molecule has 0 spiro atoms. The van der Waals surface area contributed by atoms with Gasteiger partial charge < -0.3 is 10.3 Å². The Bertz CT molecular complexity index is 468. The van der Waals surface area contributed by atoms with Gasteiger partial charge in [-0.25, -0.2) is 0 Å². The average molecular weight is 248 g/mol. The van der Waals surface area contributed by atoms with E-state index in [2.05, 4.69) is 46.0 Å². The first-order valence-electron chi connectivity index (χ1n) is 5.46. The summed E-state index contributed by atoms with van der Waals surface area (Å²) in [6, 6.07) is 8.47. The molecule has 5 heteroatoms. The molecule has 4 nitrogen and oxygen atoms in total. The van der Waals surface area contributed by atoms with Crippen molar-refractivity contribution in [1.82, 2.24) is 14.8 Å². The van der Waals surface area contributed by atoms with Crippen LogP contribution in [-0.2, 0) is 13.1 Å². The zero-order valence-corrected chi connectivity index (χ0v) is 10.9. The lowest BCUT2D eigenvalue weighted by Gasteiger charge is -2.08. The molecular formula is C12H16N4S. The molecule has 2 aromatic rings. The van der Waals surface area contributed by atoms with Gasteiger partial charge in [-0.15, -0.1) is 10.2 Å². The van der Waals surface area contributed by atoms with Gasteiger partial charge in [0, 0.05) is 0 Å². The van der Waals surface area contributed by atoms with Crippen molar-refractivity contribution < 1.29 is 0 Å². The number of thioether (sulfide) groups is 1. The maximum Gasteiger partial charge on any atom is 0.191 e. The molecule has 0 saturated carbocycles. The SMILES string of the molecule is CSc1nnc(CN)n1Cc1ccc(C)cc1. The van der Waals surface area contributed by atoms with Crippen LogP contribution in [0.4, 0.5) is 0 Å². The third-order valence-corrected chi connectivity index (χ3v) is 3.29. The molecule has 0 bridgehead atoms. The molecule has 0 fully saturated rings. The molecule has 0 aliphatic carbocycles. The Kier molecular flexibility index (Phi) is 3.81. The summed E-state index contributed by atoms with van der Waals surface area (Å²) in [5.74, 6) is 0.829. The number of aryl methyl sites for hydroxylation is 1. The first-order chi connectivity index (χ1) is 8.24. The highest BCUT2D eigenvalue weighted by Gasteiger charge is 2.09. The van der Waals surface area contributed by atoms with E-state index in [4.69, 9.17) is 5.73 Å². The lowest BCUT2D eigenvalue weighted by molar-refractivity contribution is 0.667. The van der Waals surface area contributed by atoms with Crippen molar-refractivity contribution in [2.24, 2.45) is 5.73 Å². The largest absolute Gasteiger partial charge is 0.324 e. The number of nitrogens with two attached hydrogens (primary N) is 1. The van der Waals surface area contributed by atoms with Crippen LogP contribution in [0.5, 0.6) is 0 Å². The molecule has 1 aromatic carbocycles. The zero-order valence-electron chi connectivity index (χ0n) is 10.1. The minimum absolute atomic E-state index is 0.416. The number of benzene rings is 1. The van der Waals surface area contributed by atoms with Crippen molar-refractivity contribution in [2.75, 3.05) is 6.26 Å². The van der Waals surface area contributed by atoms with Gasteiger partial charge in [0.25, 0.3) is 0 Å². The molecule has 17 heavy (non-hydrogen) atoms. The smallest absolute Gasteiger partial charge is 0.191 e. The third-order valence-electron chi connectivity index (χ3n) is 2.62. The summed E-state index contributed by atoms with van der Waals surface area (Å²) in [4.78, 5) is 0. The second-order valence-electron chi connectivity index (χ2n) is 3.88. The third kappa shape index (κ3) is 2.68. The summed E-state index contributed by atoms with van der Waals surface area (Å²) >= 11 is 1.59. The van der Waals surface area contributed by atoms with Crippen LogP contribution in [0.25, 0.3) is 0 Å². The second-order valence-corrected chi connectivity index (χ2v) is 4.65. The quantitative estimate of drug-likeness (QED) is 0.838. The highest BCUT2D eigenvalue weighted by molar-refractivity contribution is 7.98. The maximum atomic E-state index is 5.66. The van der Waals surface area contributed by atoms with Gasteiger partial charge in [0.1, 0.15) is 5.82 Å². The van der Waals surface area contributed by atoms with E-state index in [-0.39, 0.29) is 0 Å². The molecule has 1 aromatic heterocycles. The second kappa shape index (κ2) is 5.33. The van der Waals surface area contributed by atoms with Crippen molar-refractivity contribution in [3.8, 4) is 0 Å². The molecule has 0 saturated heterocycles. The van der Waals surface area contributed by atoms with E-state index in [0.717, 1.165) is 17.5 Å². The Morgan fingerprint density at radius 2 is 1.94 bits per heavy atom. The standard InChI is InChI=1S/C12H16N4S/c1-9-3-5-10(6-4-9)8-16-11(7-13)14-15-12(16)17-2/h3-6H,7-8,13H2,1-2H3. The van der Waals surface area contributed by atoms with Gasteiger partial charge in [0.2, 0.25) is 0 Å². The average Bonchev–Trinajstić information content (AvgIpc) is 2.74. The molecule has 2 N–H and O–H groups in total. The van der Waals surface area contributed by atoms with Crippen molar-refractivity contribution >= 4 is 11.8 Å². The normalized spacial score (nSPS) is 10.8. The summed E-state index contributed by atoms with van der Waals surface area (Å²) in [6.45, 7) is 3.27. The Labute approximate surface area is 105 Å². The monoisotopic (exact) mass is 248 g/mol. The highest BCUT2D eigenvalue weighted by atomic mass is 32.2. The molecule has 0 atom stereocenters. The van der Waals surface area contributed by atoms with Crippen LogP contribution in [0.2, 0.25) is 0 Å². The lowest BCUT2D eigenvalue weighted by Crippen LogP contribution is -2.10. The van der Waals surface area contributed by atoms with Crippen molar-refractivity contribution in [3.05, 3.63) is 41.2 Å². The van der Waals surface area contributed by atoms with Crippen LogP contribution in [-0.4, -0.2) is 21.0 Å². The summed E-state index contributed by atoms with van der Waals surface area (Å²) in [5.41, 5.74) is 8.17. The van der Waals surface area contributed by atoms with Crippen LogP contribution in [0.15, 0.2) is 29.4 Å². The summed E-state index contributed by atoms with van der Waals surface area (Å²) in [6.07, 6.45) is 2.00. The molecule has 0 amide bonds. The Morgan fingerprint density at radius 3 is 2.53 bits per heavy atom. The first kappa shape index (κ1) is 12.1. The van der Waals surface area contributed by atoms with E-state index in [1.807, 2.05) is 6.26 Å². The number of aromatic nitrogens is 3. The Morgan fingerprint density at radius 1 is 1.24 bits per heavy atom.